The topological polar surface area (TPSA) is 43.4 Å². The lowest BCUT2D eigenvalue weighted by Crippen LogP contribution is -2.55. The summed E-state index contributed by atoms with van der Waals surface area (Å²) in [5.74, 6) is 3.02. The fourth-order valence-electron chi connectivity index (χ4n) is 7.99. The van der Waals surface area contributed by atoms with E-state index in [1.165, 1.54) is 51.2 Å². The molecule has 0 unspecified atom stereocenters. The molecule has 0 saturated heterocycles. The van der Waals surface area contributed by atoms with E-state index in [4.69, 9.17) is 4.74 Å². The van der Waals surface area contributed by atoms with Gasteiger partial charge in [-0.25, -0.2) is 0 Å². The fraction of sp³-hybridized carbons (Fsp3) is 0.909. The van der Waals surface area contributed by atoms with Crippen LogP contribution in [0.5, 0.6) is 0 Å². The van der Waals surface area contributed by atoms with Crippen molar-refractivity contribution in [2.75, 3.05) is 0 Å². The number of hydrogen-bond donors (Lipinski definition) is 0. The molecular weight excluding hydrogens is 312 g/mol. The molecule has 0 N–H and O–H groups in total. The van der Waals surface area contributed by atoms with Gasteiger partial charge in [-0.1, -0.05) is 20.3 Å². The van der Waals surface area contributed by atoms with Gasteiger partial charge in [0.05, 0.1) is 0 Å². The van der Waals surface area contributed by atoms with Gasteiger partial charge in [0.15, 0.2) is 0 Å². The molecule has 0 aromatic carbocycles. The Bertz CT molecular complexity index is 557. The highest BCUT2D eigenvalue weighted by atomic mass is 16.5. The molecule has 0 radical (unpaired) electrons. The standard InChI is InChI=1S/C22H34O3/c1-14(24)25-20-9-8-18-16-6-7-17-15(13-23)5-4-11-21(17,2)19(16)10-12-22(18,20)3/h13,15-20H,4-12H2,1-3H3/t15-,16+,17-,18+,19+,20+,21+,22+/m1/s1. The molecule has 0 spiro atoms. The molecule has 4 rings (SSSR count). The molecule has 8 atom stereocenters. The highest BCUT2D eigenvalue weighted by Crippen LogP contribution is 2.67. The largest absolute Gasteiger partial charge is 0.462 e. The van der Waals surface area contributed by atoms with Gasteiger partial charge in [-0.2, -0.15) is 0 Å². The van der Waals surface area contributed by atoms with Crippen LogP contribution in [0.4, 0.5) is 0 Å². The Hall–Kier alpha value is -0.860. The second-order valence-electron chi connectivity index (χ2n) is 9.98. The number of rotatable bonds is 2. The Morgan fingerprint density at radius 3 is 2.36 bits per heavy atom. The smallest absolute Gasteiger partial charge is 0.302 e. The van der Waals surface area contributed by atoms with Crippen molar-refractivity contribution in [3.63, 3.8) is 0 Å². The molecular formula is C22H34O3. The average molecular weight is 347 g/mol. The monoisotopic (exact) mass is 346 g/mol. The SMILES string of the molecule is CC(=O)O[C@H]1CC[C@H]2[C@@H]3CC[C@@H]4[C@@H](C=O)CCC[C@]4(C)[C@H]3CC[C@]12C. The predicted octanol–water partition coefficient (Wildman–Crippen LogP) is 4.78. The minimum absolute atomic E-state index is 0.120. The summed E-state index contributed by atoms with van der Waals surface area (Å²) in [6.07, 6.45) is 12.2. The quantitative estimate of drug-likeness (QED) is 0.534. The van der Waals surface area contributed by atoms with Crippen LogP contribution in [0, 0.1) is 40.4 Å². The number of ether oxygens (including phenoxy) is 1. The Labute approximate surface area is 152 Å². The van der Waals surface area contributed by atoms with Crippen molar-refractivity contribution in [2.24, 2.45) is 40.4 Å². The third-order valence-electron chi connectivity index (χ3n) is 9.11. The molecule has 0 amide bonds. The Kier molecular flexibility index (Phi) is 4.28. The normalized spacial score (nSPS) is 51.8. The highest BCUT2D eigenvalue weighted by molar-refractivity contribution is 5.66. The van der Waals surface area contributed by atoms with Crippen molar-refractivity contribution in [3.05, 3.63) is 0 Å². The van der Waals surface area contributed by atoms with Crippen LogP contribution in [0.2, 0.25) is 0 Å². The van der Waals surface area contributed by atoms with E-state index >= 15 is 0 Å². The van der Waals surface area contributed by atoms with Crippen molar-refractivity contribution >= 4 is 12.3 Å². The summed E-state index contributed by atoms with van der Waals surface area (Å²) in [5, 5.41) is 0. The van der Waals surface area contributed by atoms with Gasteiger partial charge in [-0.05, 0) is 80.5 Å². The van der Waals surface area contributed by atoms with E-state index in [1.54, 1.807) is 6.92 Å². The van der Waals surface area contributed by atoms with Gasteiger partial charge in [0.1, 0.15) is 12.4 Å². The van der Waals surface area contributed by atoms with Crippen LogP contribution in [0.3, 0.4) is 0 Å². The van der Waals surface area contributed by atoms with Crippen molar-refractivity contribution in [1.29, 1.82) is 0 Å². The minimum Gasteiger partial charge on any atom is -0.462 e. The Morgan fingerprint density at radius 2 is 1.64 bits per heavy atom. The van der Waals surface area contributed by atoms with E-state index in [-0.39, 0.29) is 17.5 Å². The van der Waals surface area contributed by atoms with Crippen LogP contribution in [0.15, 0.2) is 0 Å². The number of carbonyl (C=O) groups is 2. The summed E-state index contributed by atoms with van der Waals surface area (Å²) >= 11 is 0. The summed E-state index contributed by atoms with van der Waals surface area (Å²) < 4.78 is 5.74. The number of fused-ring (bicyclic) bond motifs is 5. The molecule has 4 aliphatic rings. The maximum absolute atomic E-state index is 11.6. The lowest BCUT2D eigenvalue weighted by atomic mass is 9.44. The third kappa shape index (κ3) is 2.51. The Morgan fingerprint density at radius 1 is 0.920 bits per heavy atom. The molecule has 4 aliphatic carbocycles. The van der Waals surface area contributed by atoms with Crippen LogP contribution >= 0.6 is 0 Å². The summed E-state index contributed by atoms with van der Waals surface area (Å²) in [6, 6.07) is 0. The zero-order chi connectivity index (χ0) is 17.8. The third-order valence-corrected chi connectivity index (χ3v) is 9.11. The fourth-order valence-corrected chi connectivity index (χ4v) is 7.99. The van der Waals surface area contributed by atoms with Gasteiger partial charge in [0.25, 0.3) is 0 Å². The maximum Gasteiger partial charge on any atom is 0.302 e. The minimum atomic E-state index is -0.120. The molecule has 3 heteroatoms. The number of esters is 1. The van der Waals surface area contributed by atoms with Crippen molar-refractivity contribution in [1.82, 2.24) is 0 Å². The first kappa shape index (κ1) is 17.5. The Balaban J connectivity index is 1.60. The molecule has 3 nitrogen and oxygen atoms in total. The second-order valence-corrected chi connectivity index (χ2v) is 9.98. The van der Waals surface area contributed by atoms with Gasteiger partial charge < -0.3 is 9.53 Å². The van der Waals surface area contributed by atoms with Crippen LogP contribution in [-0.2, 0) is 14.3 Å². The lowest BCUT2D eigenvalue weighted by molar-refractivity contribution is -0.163. The highest BCUT2D eigenvalue weighted by Gasteiger charge is 2.61. The van der Waals surface area contributed by atoms with E-state index < -0.39 is 0 Å². The summed E-state index contributed by atoms with van der Waals surface area (Å²) in [7, 11) is 0. The van der Waals surface area contributed by atoms with Gasteiger partial charge in [-0.3, -0.25) is 4.79 Å². The molecule has 4 saturated carbocycles. The van der Waals surface area contributed by atoms with Crippen LogP contribution in [0.25, 0.3) is 0 Å². The van der Waals surface area contributed by atoms with E-state index in [2.05, 4.69) is 13.8 Å². The van der Waals surface area contributed by atoms with Gasteiger partial charge >= 0.3 is 5.97 Å². The average Bonchev–Trinajstić information content (AvgIpc) is 2.89. The van der Waals surface area contributed by atoms with Crippen LogP contribution in [0.1, 0.15) is 78.6 Å². The zero-order valence-corrected chi connectivity index (χ0v) is 16.1. The summed E-state index contributed by atoms with van der Waals surface area (Å²) in [4.78, 5) is 23.2. The van der Waals surface area contributed by atoms with Crippen molar-refractivity contribution in [3.8, 4) is 0 Å². The van der Waals surface area contributed by atoms with Crippen molar-refractivity contribution < 1.29 is 14.3 Å². The van der Waals surface area contributed by atoms with E-state index in [1.807, 2.05) is 0 Å². The molecule has 25 heavy (non-hydrogen) atoms. The van der Waals surface area contributed by atoms with E-state index in [9.17, 15) is 9.59 Å². The molecule has 0 aromatic rings. The second kappa shape index (κ2) is 6.09. The first-order chi connectivity index (χ1) is 11.9. The molecule has 0 aromatic heterocycles. The van der Waals surface area contributed by atoms with Crippen LogP contribution in [-0.4, -0.2) is 18.4 Å². The summed E-state index contributed by atoms with van der Waals surface area (Å²) in [5.41, 5.74) is 0.530. The number of carbonyl (C=O) groups excluding carboxylic acids is 2. The zero-order valence-electron chi connectivity index (χ0n) is 16.1. The molecule has 0 heterocycles. The molecule has 140 valence electrons. The molecule has 0 bridgehead atoms. The predicted molar refractivity (Wildman–Crippen MR) is 96.8 cm³/mol. The van der Waals surface area contributed by atoms with Crippen molar-refractivity contribution in [2.45, 2.75) is 84.7 Å². The number of hydrogen-bond acceptors (Lipinski definition) is 3. The first-order valence-corrected chi connectivity index (χ1v) is 10.5. The number of aldehydes is 1. The maximum atomic E-state index is 11.6. The van der Waals surface area contributed by atoms with Crippen LogP contribution < -0.4 is 0 Å². The molecule has 4 fully saturated rings. The van der Waals surface area contributed by atoms with Gasteiger partial charge in [-0.15, -0.1) is 0 Å². The van der Waals surface area contributed by atoms with Gasteiger partial charge in [0.2, 0.25) is 0 Å². The van der Waals surface area contributed by atoms with E-state index in [0.717, 1.165) is 24.7 Å². The first-order valence-electron chi connectivity index (χ1n) is 10.5. The summed E-state index contributed by atoms with van der Waals surface area (Å²) in [6.45, 7) is 6.44. The molecule has 0 aliphatic heterocycles. The van der Waals surface area contributed by atoms with E-state index in [0.29, 0.717) is 23.2 Å². The lowest BCUT2D eigenvalue weighted by Gasteiger charge is -2.61. The van der Waals surface area contributed by atoms with Gasteiger partial charge in [0, 0.05) is 18.3 Å².